The molecule has 0 unspecified atom stereocenters. The van der Waals surface area contributed by atoms with Gasteiger partial charge in [0.15, 0.2) is 17.5 Å². The Hall–Kier alpha value is -0.990. The van der Waals surface area contributed by atoms with Crippen molar-refractivity contribution in [2.75, 3.05) is 0 Å². The molecule has 0 spiro atoms. The van der Waals surface area contributed by atoms with Gasteiger partial charge in [0.1, 0.15) is 0 Å². The number of hydrogen-bond acceptors (Lipinski definition) is 0. The van der Waals surface area contributed by atoms with Crippen LogP contribution < -0.4 is 0 Å². The number of hydrogen-bond donors (Lipinski definition) is 0. The molecule has 0 heterocycles. The van der Waals surface area contributed by atoms with E-state index < -0.39 is 17.5 Å². The van der Waals surface area contributed by atoms with Crippen molar-refractivity contribution < 1.29 is 13.2 Å². The van der Waals surface area contributed by atoms with Crippen molar-refractivity contribution in [2.24, 2.45) is 11.8 Å². The molecule has 0 saturated heterocycles. The lowest BCUT2D eigenvalue weighted by Gasteiger charge is -2.26. The maximum absolute atomic E-state index is 13.5. The fourth-order valence-electron chi connectivity index (χ4n) is 2.57. The van der Waals surface area contributed by atoms with Crippen LogP contribution in [0.3, 0.4) is 0 Å². The van der Waals surface area contributed by atoms with Gasteiger partial charge in [0.2, 0.25) is 0 Å². The Bertz CT molecular complexity index is 394. The molecule has 0 radical (unpaired) electrons. The Kier molecular flexibility index (Phi) is 10.2. The predicted molar refractivity (Wildman–Crippen MR) is 83.8 cm³/mol. The van der Waals surface area contributed by atoms with Gasteiger partial charge in [0, 0.05) is 0 Å². The van der Waals surface area contributed by atoms with Gasteiger partial charge in [0.05, 0.1) is 0 Å². The van der Waals surface area contributed by atoms with E-state index in [1.807, 2.05) is 27.7 Å². The summed E-state index contributed by atoms with van der Waals surface area (Å²) in [7, 11) is 0. The van der Waals surface area contributed by atoms with Crippen molar-refractivity contribution in [1.29, 1.82) is 0 Å². The van der Waals surface area contributed by atoms with E-state index in [-0.39, 0.29) is 0 Å². The molecule has 122 valence electrons. The van der Waals surface area contributed by atoms with Crippen LogP contribution in [0.4, 0.5) is 13.2 Å². The van der Waals surface area contributed by atoms with E-state index in [1.165, 1.54) is 6.07 Å². The summed E-state index contributed by atoms with van der Waals surface area (Å²) in [6, 6.07) is 2.38. The van der Waals surface area contributed by atoms with Crippen LogP contribution >= 0.6 is 0 Å². The second kappa shape index (κ2) is 10.7. The quantitative estimate of drug-likeness (QED) is 0.545. The van der Waals surface area contributed by atoms with Gasteiger partial charge in [-0.05, 0) is 42.7 Å². The van der Waals surface area contributed by atoms with E-state index in [9.17, 15) is 13.2 Å². The molecular weight excluding hydrogens is 273 g/mol. The molecule has 0 N–H and O–H groups in total. The van der Waals surface area contributed by atoms with Crippen LogP contribution in [0.1, 0.15) is 65.9 Å². The largest absolute Gasteiger partial charge is 0.204 e. The van der Waals surface area contributed by atoms with Crippen LogP contribution in [0, 0.1) is 29.3 Å². The Morgan fingerprint density at radius 2 is 1.38 bits per heavy atom. The van der Waals surface area contributed by atoms with E-state index in [4.69, 9.17) is 0 Å². The summed E-state index contributed by atoms with van der Waals surface area (Å²) < 4.78 is 39.3. The first-order valence-corrected chi connectivity index (χ1v) is 8.20. The summed E-state index contributed by atoms with van der Waals surface area (Å²) in [5.41, 5.74) is 0.309. The van der Waals surface area contributed by atoms with Crippen LogP contribution in [0.5, 0.6) is 0 Å². The van der Waals surface area contributed by atoms with Crippen molar-refractivity contribution in [1.82, 2.24) is 0 Å². The van der Waals surface area contributed by atoms with E-state index in [0.29, 0.717) is 17.9 Å². The Morgan fingerprint density at radius 1 is 0.857 bits per heavy atom. The van der Waals surface area contributed by atoms with Crippen molar-refractivity contribution in [3.8, 4) is 0 Å². The number of halogens is 3. The van der Waals surface area contributed by atoms with E-state index in [1.54, 1.807) is 0 Å². The van der Waals surface area contributed by atoms with Crippen molar-refractivity contribution in [3.63, 3.8) is 0 Å². The summed E-state index contributed by atoms with van der Waals surface area (Å²) in [6.45, 7) is 10.2. The number of benzene rings is 1. The second-order valence-corrected chi connectivity index (χ2v) is 5.16. The minimum absolute atomic E-state index is 0.309. The van der Waals surface area contributed by atoms with Gasteiger partial charge in [-0.1, -0.05) is 53.5 Å². The normalized spacial score (nSPS) is 20.8. The second-order valence-electron chi connectivity index (χ2n) is 5.16. The highest BCUT2D eigenvalue weighted by Crippen LogP contribution is 2.31. The maximum atomic E-state index is 13.5. The van der Waals surface area contributed by atoms with Crippen LogP contribution in [-0.2, 0) is 6.42 Å². The maximum Gasteiger partial charge on any atom is 0.194 e. The number of rotatable bonds is 2. The van der Waals surface area contributed by atoms with Crippen molar-refractivity contribution in [3.05, 3.63) is 35.1 Å². The summed E-state index contributed by atoms with van der Waals surface area (Å²) in [6.07, 6.45) is 4.93. The smallest absolute Gasteiger partial charge is 0.194 e. The predicted octanol–water partition coefficient (Wildman–Crippen LogP) is 6.53. The van der Waals surface area contributed by atoms with Crippen molar-refractivity contribution >= 4 is 0 Å². The molecule has 0 aliphatic heterocycles. The minimum Gasteiger partial charge on any atom is -0.204 e. The summed E-state index contributed by atoms with van der Waals surface area (Å²) in [4.78, 5) is 0. The van der Waals surface area contributed by atoms with Crippen molar-refractivity contribution in [2.45, 2.75) is 66.7 Å². The van der Waals surface area contributed by atoms with Crippen LogP contribution in [0.25, 0.3) is 0 Å². The lowest BCUT2D eigenvalue weighted by Crippen LogP contribution is -2.15. The van der Waals surface area contributed by atoms with E-state index in [2.05, 4.69) is 6.92 Å². The highest BCUT2D eigenvalue weighted by Gasteiger charge is 2.21. The lowest BCUT2D eigenvalue weighted by molar-refractivity contribution is 0.286. The third-order valence-electron chi connectivity index (χ3n) is 3.76. The topological polar surface area (TPSA) is 0 Å². The fraction of sp³-hybridized carbons (Fsp3) is 0.667. The average Bonchev–Trinajstić information content (AvgIpc) is 2.54. The van der Waals surface area contributed by atoms with E-state index >= 15 is 0 Å². The monoisotopic (exact) mass is 302 g/mol. The first-order valence-electron chi connectivity index (χ1n) is 8.20. The van der Waals surface area contributed by atoms with Gasteiger partial charge in [-0.15, -0.1) is 0 Å². The first kappa shape index (κ1) is 20.0. The molecule has 1 saturated carbocycles. The third-order valence-corrected chi connectivity index (χ3v) is 3.76. The molecule has 0 aromatic heterocycles. The molecule has 1 aromatic carbocycles. The molecule has 1 aliphatic carbocycles. The standard InChI is InChI=1S/C14H17F3.2C2H6/c1-9-2-4-10(5-3-9)8-11-6-7-12(15)14(17)13(11)16;2*1-2/h6-7,9-10H,2-5,8H2,1H3;2*1-2H3. The molecule has 1 aliphatic rings. The molecular formula is C18H29F3. The Balaban J connectivity index is 0.000000921. The molecule has 21 heavy (non-hydrogen) atoms. The Morgan fingerprint density at radius 3 is 1.90 bits per heavy atom. The molecule has 0 bridgehead atoms. The highest BCUT2D eigenvalue weighted by molar-refractivity contribution is 5.20. The zero-order chi connectivity index (χ0) is 16.4. The highest BCUT2D eigenvalue weighted by atomic mass is 19.2. The zero-order valence-electron chi connectivity index (χ0n) is 14.0. The van der Waals surface area contributed by atoms with E-state index in [0.717, 1.165) is 37.7 Å². The summed E-state index contributed by atoms with van der Waals surface area (Å²) in [5, 5.41) is 0. The summed E-state index contributed by atoms with van der Waals surface area (Å²) in [5.74, 6) is -2.31. The molecule has 0 atom stereocenters. The van der Waals surface area contributed by atoms with Gasteiger partial charge < -0.3 is 0 Å². The van der Waals surface area contributed by atoms with Gasteiger partial charge in [0.25, 0.3) is 0 Å². The third kappa shape index (κ3) is 6.11. The van der Waals surface area contributed by atoms with Gasteiger partial charge in [-0.3, -0.25) is 0 Å². The fourth-order valence-corrected chi connectivity index (χ4v) is 2.57. The van der Waals surface area contributed by atoms with Gasteiger partial charge >= 0.3 is 0 Å². The molecule has 1 fully saturated rings. The summed E-state index contributed by atoms with van der Waals surface area (Å²) >= 11 is 0. The van der Waals surface area contributed by atoms with Gasteiger partial charge in [-0.25, -0.2) is 13.2 Å². The molecule has 1 aromatic rings. The Labute approximate surface area is 127 Å². The van der Waals surface area contributed by atoms with Crippen LogP contribution in [0.15, 0.2) is 12.1 Å². The molecule has 3 heteroatoms. The average molecular weight is 302 g/mol. The molecule has 0 nitrogen and oxygen atoms in total. The van der Waals surface area contributed by atoms with Gasteiger partial charge in [-0.2, -0.15) is 0 Å². The minimum atomic E-state index is -1.34. The first-order chi connectivity index (χ1) is 10.1. The van der Waals surface area contributed by atoms with Crippen LogP contribution in [-0.4, -0.2) is 0 Å². The zero-order valence-corrected chi connectivity index (χ0v) is 14.0. The molecule has 2 rings (SSSR count). The molecule has 0 amide bonds. The SMILES string of the molecule is CC.CC.CC1CCC(Cc2ccc(F)c(F)c2F)CC1. The van der Waals surface area contributed by atoms with Crippen LogP contribution in [0.2, 0.25) is 0 Å². The lowest BCUT2D eigenvalue weighted by atomic mass is 9.80.